The quantitative estimate of drug-likeness (QED) is 0.180. The first-order valence-corrected chi connectivity index (χ1v) is 13.1. The summed E-state index contributed by atoms with van der Waals surface area (Å²) in [6, 6.07) is 38.0. The summed E-state index contributed by atoms with van der Waals surface area (Å²) in [6.45, 7) is 7.84. The van der Waals surface area contributed by atoms with Crippen LogP contribution >= 0.6 is 0 Å². The number of allylic oxidation sites excluding steroid dienone is 4. The second-order valence-electron chi connectivity index (χ2n) is 9.79. The summed E-state index contributed by atoms with van der Waals surface area (Å²) in [5, 5.41) is 0. The molecule has 0 spiro atoms. The van der Waals surface area contributed by atoms with E-state index in [4.69, 9.17) is 9.47 Å². The molecule has 7 rings (SSSR count). The van der Waals surface area contributed by atoms with Gasteiger partial charge in [-0.05, 0) is 63.0 Å². The van der Waals surface area contributed by atoms with Gasteiger partial charge in [0.1, 0.15) is 23.0 Å². The second-order valence-corrected chi connectivity index (χ2v) is 9.79. The van der Waals surface area contributed by atoms with E-state index in [2.05, 4.69) is 110 Å². The maximum Gasteiger partial charge on any atom is 0.260 e. The summed E-state index contributed by atoms with van der Waals surface area (Å²) in [7, 11) is 0. The monoisotopic (exact) mass is 500 g/mol. The molecule has 0 fully saturated rings. The van der Waals surface area contributed by atoms with Gasteiger partial charge in [0.2, 0.25) is 0 Å². The van der Waals surface area contributed by atoms with Crippen molar-refractivity contribution in [2.45, 2.75) is 0 Å². The van der Waals surface area contributed by atoms with E-state index in [1.54, 1.807) is 6.08 Å². The molecule has 184 valence electrons. The minimum Gasteiger partial charge on any atom is -0.458 e. The number of hydrogen-bond donors (Lipinski definition) is 0. The van der Waals surface area contributed by atoms with Crippen LogP contribution in [0.25, 0.3) is 27.8 Å². The van der Waals surface area contributed by atoms with Crippen molar-refractivity contribution in [2.24, 2.45) is 0 Å². The summed E-state index contributed by atoms with van der Waals surface area (Å²) < 4.78 is 13.3. The van der Waals surface area contributed by atoms with Crippen LogP contribution in [0.3, 0.4) is 0 Å². The van der Waals surface area contributed by atoms with Gasteiger partial charge in [0.25, 0.3) is 6.71 Å². The Bertz CT molecular complexity index is 1780. The van der Waals surface area contributed by atoms with Gasteiger partial charge in [-0.15, -0.1) is 0 Å². The minimum atomic E-state index is -0.0283. The normalized spacial score (nSPS) is 12.8. The Hall–Kier alpha value is -5.02. The molecular formula is C36H25BO2. The highest BCUT2D eigenvalue weighted by atomic mass is 16.5. The van der Waals surface area contributed by atoms with E-state index < -0.39 is 0 Å². The van der Waals surface area contributed by atoms with Gasteiger partial charge in [-0.2, -0.15) is 0 Å². The van der Waals surface area contributed by atoms with Crippen molar-refractivity contribution < 1.29 is 9.47 Å². The summed E-state index contributed by atoms with van der Waals surface area (Å²) in [5.74, 6) is 3.40. The lowest BCUT2D eigenvalue weighted by Gasteiger charge is -2.34. The number of benzene rings is 5. The molecule has 0 saturated carbocycles. The Kier molecular flexibility index (Phi) is 5.56. The number of fused-ring (bicyclic) bond motifs is 4. The SMILES string of the molecule is C=C/C=C(\C=C)c1ccc2c(c1)Oc1c(-c3ccccc3)ccc3c1B2c1cc(-c2ccccc2)ccc1O3. The van der Waals surface area contributed by atoms with Crippen molar-refractivity contribution >= 4 is 28.7 Å². The van der Waals surface area contributed by atoms with Crippen molar-refractivity contribution in [1.29, 1.82) is 0 Å². The highest BCUT2D eigenvalue weighted by Gasteiger charge is 2.41. The van der Waals surface area contributed by atoms with Crippen LogP contribution < -0.4 is 25.9 Å². The van der Waals surface area contributed by atoms with Gasteiger partial charge in [-0.1, -0.05) is 116 Å². The fourth-order valence-electron chi connectivity index (χ4n) is 5.73. The molecule has 3 heteroatoms. The molecule has 2 nitrogen and oxygen atoms in total. The molecule has 0 aromatic heterocycles. The second kappa shape index (κ2) is 9.38. The molecule has 0 radical (unpaired) electrons. The minimum absolute atomic E-state index is 0.0283. The highest BCUT2D eigenvalue weighted by molar-refractivity contribution is 6.98. The molecule has 0 unspecified atom stereocenters. The number of ether oxygens (including phenoxy) is 2. The maximum atomic E-state index is 6.79. The average molecular weight is 500 g/mol. The molecule has 0 aliphatic carbocycles. The van der Waals surface area contributed by atoms with E-state index in [-0.39, 0.29) is 6.71 Å². The zero-order valence-corrected chi connectivity index (χ0v) is 21.4. The van der Waals surface area contributed by atoms with Crippen molar-refractivity contribution in [3.05, 3.63) is 146 Å². The number of hydrogen-bond acceptors (Lipinski definition) is 2. The fraction of sp³-hybridized carbons (Fsp3) is 0. The molecule has 0 atom stereocenters. The Morgan fingerprint density at radius 3 is 2.10 bits per heavy atom. The van der Waals surface area contributed by atoms with Crippen LogP contribution in [0.1, 0.15) is 5.56 Å². The van der Waals surface area contributed by atoms with Crippen molar-refractivity contribution in [1.82, 2.24) is 0 Å². The molecule has 0 bridgehead atoms. The lowest BCUT2D eigenvalue weighted by Crippen LogP contribution is -2.57. The molecule has 2 aliphatic rings. The molecule has 39 heavy (non-hydrogen) atoms. The smallest absolute Gasteiger partial charge is 0.260 e. The van der Waals surface area contributed by atoms with Gasteiger partial charge >= 0.3 is 0 Å². The van der Waals surface area contributed by atoms with E-state index in [0.29, 0.717) is 0 Å². The molecule has 2 heterocycles. The predicted molar refractivity (Wildman–Crippen MR) is 163 cm³/mol. The molecule has 0 amide bonds. The first-order chi connectivity index (χ1) is 19.2. The van der Waals surface area contributed by atoms with Gasteiger partial charge < -0.3 is 9.47 Å². The lowest BCUT2D eigenvalue weighted by atomic mass is 9.34. The van der Waals surface area contributed by atoms with Crippen LogP contribution in [0.5, 0.6) is 23.0 Å². The third kappa shape index (κ3) is 3.83. The lowest BCUT2D eigenvalue weighted by molar-refractivity contribution is 0.465. The van der Waals surface area contributed by atoms with Crippen LogP contribution in [0, 0.1) is 0 Å². The van der Waals surface area contributed by atoms with E-state index in [9.17, 15) is 0 Å². The molecule has 5 aromatic carbocycles. The van der Waals surface area contributed by atoms with Crippen molar-refractivity contribution in [3.8, 4) is 45.3 Å². The zero-order chi connectivity index (χ0) is 26.3. The van der Waals surface area contributed by atoms with Gasteiger partial charge in [0, 0.05) is 11.0 Å². The Morgan fingerprint density at radius 1 is 0.615 bits per heavy atom. The first kappa shape index (κ1) is 23.1. The Morgan fingerprint density at radius 2 is 1.36 bits per heavy atom. The van der Waals surface area contributed by atoms with Crippen LogP contribution in [0.15, 0.2) is 141 Å². The van der Waals surface area contributed by atoms with E-state index in [1.807, 2.05) is 24.3 Å². The third-order valence-corrected chi connectivity index (χ3v) is 7.56. The molecule has 0 N–H and O–H groups in total. The number of rotatable bonds is 5. The summed E-state index contributed by atoms with van der Waals surface area (Å²) in [4.78, 5) is 0. The third-order valence-electron chi connectivity index (χ3n) is 7.56. The summed E-state index contributed by atoms with van der Waals surface area (Å²) in [6.07, 6.45) is 5.60. The molecule has 0 saturated heterocycles. The van der Waals surface area contributed by atoms with E-state index in [1.165, 1.54) is 5.56 Å². The van der Waals surface area contributed by atoms with Crippen molar-refractivity contribution in [3.63, 3.8) is 0 Å². The van der Waals surface area contributed by atoms with Gasteiger partial charge in [-0.3, -0.25) is 0 Å². The molecule has 5 aromatic rings. The standard InChI is InChI=1S/C36H25BO2/c1-3-11-24(4-2)28-16-19-30-34(23-28)39-36-29(26-14-9-6-10-15-26)18-21-33-35(36)37(30)31-22-27(17-20-32(31)38-33)25-12-7-5-8-13-25/h3-23H,1-2H2/b24-11+. The van der Waals surface area contributed by atoms with Crippen LogP contribution in [-0.2, 0) is 0 Å². The fourth-order valence-corrected chi connectivity index (χ4v) is 5.73. The van der Waals surface area contributed by atoms with Crippen LogP contribution in [0.4, 0.5) is 0 Å². The predicted octanol–water partition coefficient (Wildman–Crippen LogP) is 7.50. The van der Waals surface area contributed by atoms with Gasteiger partial charge in [0.15, 0.2) is 0 Å². The molecular weight excluding hydrogens is 475 g/mol. The maximum absolute atomic E-state index is 6.79. The Labute approximate surface area is 229 Å². The topological polar surface area (TPSA) is 18.5 Å². The van der Waals surface area contributed by atoms with Crippen LogP contribution in [-0.4, -0.2) is 6.71 Å². The largest absolute Gasteiger partial charge is 0.458 e. The Balaban J connectivity index is 1.48. The summed E-state index contributed by atoms with van der Waals surface area (Å²) >= 11 is 0. The zero-order valence-electron chi connectivity index (χ0n) is 21.4. The van der Waals surface area contributed by atoms with Gasteiger partial charge in [-0.25, -0.2) is 0 Å². The van der Waals surface area contributed by atoms with Crippen LogP contribution in [0.2, 0.25) is 0 Å². The van der Waals surface area contributed by atoms with E-state index in [0.717, 1.165) is 67.2 Å². The first-order valence-electron chi connectivity index (χ1n) is 13.1. The van der Waals surface area contributed by atoms with Crippen molar-refractivity contribution in [2.75, 3.05) is 0 Å². The summed E-state index contributed by atoms with van der Waals surface area (Å²) in [5.41, 5.74) is 9.86. The van der Waals surface area contributed by atoms with E-state index >= 15 is 0 Å². The molecule has 2 aliphatic heterocycles. The highest BCUT2D eigenvalue weighted by Crippen LogP contribution is 2.41. The average Bonchev–Trinajstić information content (AvgIpc) is 3.00. The van der Waals surface area contributed by atoms with Gasteiger partial charge in [0.05, 0.1) is 0 Å².